The van der Waals surface area contributed by atoms with E-state index in [9.17, 15) is 19.2 Å². The molecular weight excluding hydrogens is 496 g/mol. The third-order valence-electron chi connectivity index (χ3n) is 5.56. The Bertz CT molecular complexity index is 1210. The third kappa shape index (κ3) is 9.67. The van der Waals surface area contributed by atoms with Crippen LogP contribution in [0.5, 0.6) is 0 Å². The Morgan fingerprint density at radius 2 is 1.74 bits per heavy atom. The average Bonchev–Trinajstić information content (AvgIpc) is 2.88. The van der Waals surface area contributed by atoms with Crippen molar-refractivity contribution >= 4 is 23.8 Å². The lowest BCUT2D eigenvalue weighted by atomic mass is 9.97. The molecule has 0 spiro atoms. The van der Waals surface area contributed by atoms with E-state index in [1.54, 1.807) is 45.0 Å². The summed E-state index contributed by atoms with van der Waals surface area (Å²) in [6, 6.07) is 13.7. The van der Waals surface area contributed by atoms with Gasteiger partial charge in [0.1, 0.15) is 17.7 Å². The number of benzene rings is 2. The van der Waals surface area contributed by atoms with Gasteiger partial charge in [-0.2, -0.15) is 0 Å². The molecule has 2 rings (SSSR count). The first-order valence-electron chi connectivity index (χ1n) is 12.5. The van der Waals surface area contributed by atoms with E-state index in [4.69, 9.17) is 16.9 Å². The monoisotopic (exact) mass is 532 g/mol. The number of hydrogen-bond donors (Lipinski definition) is 3. The SMILES string of the molecule is C#Cc1ccccc1C(C(=O)NCc1ccccc1)N(CC=C)C(=O)C(CCC(N)=O)NC(=O)OC(C)(C)C. The topological polar surface area (TPSA) is 131 Å². The van der Waals surface area contributed by atoms with Crippen LogP contribution in [0.1, 0.15) is 56.3 Å². The van der Waals surface area contributed by atoms with Crippen LogP contribution in [-0.2, 0) is 25.7 Å². The summed E-state index contributed by atoms with van der Waals surface area (Å²) in [5, 5.41) is 5.41. The Hall–Kier alpha value is -4.58. The van der Waals surface area contributed by atoms with Crippen LogP contribution in [0.4, 0.5) is 4.79 Å². The minimum Gasteiger partial charge on any atom is -0.444 e. The van der Waals surface area contributed by atoms with Gasteiger partial charge >= 0.3 is 6.09 Å². The number of carbonyl (C=O) groups is 4. The summed E-state index contributed by atoms with van der Waals surface area (Å²) >= 11 is 0. The van der Waals surface area contributed by atoms with Gasteiger partial charge in [0, 0.05) is 25.1 Å². The molecule has 0 aromatic heterocycles. The maximum absolute atomic E-state index is 14.0. The second-order valence-electron chi connectivity index (χ2n) is 9.82. The number of ether oxygens (including phenoxy) is 1. The maximum atomic E-state index is 14.0. The number of rotatable bonds is 12. The highest BCUT2D eigenvalue weighted by molar-refractivity contribution is 5.93. The van der Waals surface area contributed by atoms with E-state index >= 15 is 0 Å². The van der Waals surface area contributed by atoms with Crippen molar-refractivity contribution in [2.75, 3.05) is 6.54 Å². The lowest BCUT2D eigenvalue weighted by Crippen LogP contribution is -2.53. The number of nitrogens with one attached hydrogen (secondary N) is 2. The van der Waals surface area contributed by atoms with E-state index in [1.807, 2.05) is 30.3 Å². The molecule has 4 amide bonds. The standard InChI is InChI=1S/C30H36N4O5/c1-6-19-34(28(37)24(17-18-25(31)35)33-29(38)39-30(3,4)5)26(23-16-12-11-15-22(23)7-2)27(36)32-20-21-13-9-8-10-14-21/h2,6,8-16,24,26H,1,17-20H2,3-5H3,(H2,31,35)(H,32,36)(H,33,38). The van der Waals surface area contributed by atoms with Gasteiger partial charge < -0.3 is 26.0 Å². The van der Waals surface area contributed by atoms with Gasteiger partial charge in [-0.3, -0.25) is 14.4 Å². The Morgan fingerprint density at radius 1 is 1.10 bits per heavy atom. The van der Waals surface area contributed by atoms with E-state index in [-0.39, 0.29) is 25.9 Å². The predicted molar refractivity (Wildman–Crippen MR) is 149 cm³/mol. The van der Waals surface area contributed by atoms with Crippen molar-refractivity contribution in [2.45, 2.75) is 57.8 Å². The summed E-state index contributed by atoms with van der Waals surface area (Å²) in [4.78, 5) is 53.1. The second-order valence-corrected chi connectivity index (χ2v) is 9.82. The Balaban J connectivity index is 2.50. The fraction of sp³-hybridized carbons (Fsp3) is 0.333. The third-order valence-corrected chi connectivity index (χ3v) is 5.56. The van der Waals surface area contributed by atoms with Gasteiger partial charge in [0.05, 0.1) is 0 Å². The molecule has 2 aromatic carbocycles. The number of amides is 4. The number of hydrogen-bond acceptors (Lipinski definition) is 5. The maximum Gasteiger partial charge on any atom is 0.408 e. The normalized spacial score (nSPS) is 12.3. The van der Waals surface area contributed by atoms with Gasteiger partial charge in [0.25, 0.3) is 0 Å². The van der Waals surface area contributed by atoms with Crippen LogP contribution >= 0.6 is 0 Å². The molecule has 0 aliphatic rings. The average molecular weight is 533 g/mol. The second kappa shape index (κ2) is 14.4. The highest BCUT2D eigenvalue weighted by atomic mass is 16.6. The summed E-state index contributed by atoms with van der Waals surface area (Å²) in [5.74, 6) is 0.810. The summed E-state index contributed by atoms with van der Waals surface area (Å²) in [6.07, 6.45) is 6.07. The van der Waals surface area contributed by atoms with Crippen LogP contribution in [-0.4, -0.2) is 46.9 Å². The lowest BCUT2D eigenvalue weighted by Gasteiger charge is -2.34. The molecule has 2 aromatic rings. The Labute approximate surface area is 229 Å². The molecule has 39 heavy (non-hydrogen) atoms. The van der Waals surface area contributed by atoms with Gasteiger partial charge in [0.15, 0.2) is 0 Å². The van der Waals surface area contributed by atoms with Crippen LogP contribution < -0.4 is 16.4 Å². The molecule has 2 unspecified atom stereocenters. The lowest BCUT2D eigenvalue weighted by molar-refractivity contribution is -0.142. The molecule has 0 radical (unpaired) electrons. The Morgan fingerprint density at radius 3 is 2.33 bits per heavy atom. The largest absolute Gasteiger partial charge is 0.444 e. The molecule has 0 aliphatic carbocycles. The molecule has 206 valence electrons. The molecule has 0 fully saturated rings. The van der Waals surface area contributed by atoms with Gasteiger partial charge in [-0.1, -0.05) is 60.5 Å². The number of alkyl carbamates (subject to hydrolysis) is 1. The molecule has 0 saturated heterocycles. The van der Waals surface area contributed by atoms with Crippen LogP contribution in [0.15, 0.2) is 67.3 Å². The highest BCUT2D eigenvalue weighted by Gasteiger charge is 2.36. The van der Waals surface area contributed by atoms with Crippen LogP contribution in [0.25, 0.3) is 0 Å². The summed E-state index contributed by atoms with van der Waals surface area (Å²) in [5.41, 5.74) is 6.21. The Kier molecular flexibility index (Phi) is 11.3. The molecule has 0 heterocycles. The van der Waals surface area contributed by atoms with Crippen molar-refractivity contribution in [1.82, 2.24) is 15.5 Å². The number of nitrogens with two attached hydrogens (primary N) is 1. The molecule has 0 bridgehead atoms. The number of primary amides is 1. The summed E-state index contributed by atoms with van der Waals surface area (Å²) < 4.78 is 5.32. The first kappa shape index (κ1) is 30.6. The summed E-state index contributed by atoms with van der Waals surface area (Å²) in [6.45, 7) is 8.95. The summed E-state index contributed by atoms with van der Waals surface area (Å²) in [7, 11) is 0. The zero-order valence-electron chi connectivity index (χ0n) is 22.6. The molecule has 2 atom stereocenters. The van der Waals surface area contributed by atoms with E-state index in [0.717, 1.165) is 5.56 Å². The van der Waals surface area contributed by atoms with Crippen molar-refractivity contribution in [2.24, 2.45) is 5.73 Å². The highest BCUT2D eigenvalue weighted by Crippen LogP contribution is 2.26. The molecular formula is C30H36N4O5. The smallest absolute Gasteiger partial charge is 0.408 e. The molecule has 0 aliphatic heterocycles. The van der Waals surface area contributed by atoms with Crippen molar-refractivity contribution in [3.8, 4) is 12.3 Å². The minimum atomic E-state index is -1.21. The quantitative estimate of drug-likeness (QED) is 0.285. The zero-order valence-corrected chi connectivity index (χ0v) is 22.6. The molecule has 0 saturated carbocycles. The van der Waals surface area contributed by atoms with Crippen LogP contribution in [0.3, 0.4) is 0 Å². The van der Waals surface area contributed by atoms with Crippen molar-refractivity contribution in [3.63, 3.8) is 0 Å². The number of carbonyl (C=O) groups excluding carboxylic acids is 4. The fourth-order valence-corrected chi connectivity index (χ4v) is 3.85. The van der Waals surface area contributed by atoms with Gasteiger partial charge in [-0.05, 0) is 44.4 Å². The molecule has 9 nitrogen and oxygen atoms in total. The van der Waals surface area contributed by atoms with E-state index in [1.165, 1.54) is 11.0 Å². The fourth-order valence-electron chi connectivity index (χ4n) is 3.85. The molecule has 9 heteroatoms. The van der Waals surface area contributed by atoms with Gasteiger partial charge in [0.2, 0.25) is 17.7 Å². The van der Waals surface area contributed by atoms with E-state index in [0.29, 0.717) is 11.1 Å². The van der Waals surface area contributed by atoms with Crippen molar-refractivity contribution < 1.29 is 23.9 Å². The zero-order chi connectivity index (χ0) is 29.0. The van der Waals surface area contributed by atoms with E-state index < -0.39 is 41.5 Å². The number of terminal acetylenes is 1. The first-order valence-corrected chi connectivity index (χ1v) is 12.5. The number of nitrogens with zero attached hydrogens (tertiary/aromatic N) is 1. The van der Waals surface area contributed by atoms with Gasteiger partial charge in [-0.25, -0.2) is 4.79 Å². The van der Waals surface area contributed by atoms with Crippen molar-refractivity contribution in [1.29, 1.82) is 0 Å². The predicted octanol–water partition coefficient (Wildman–Crippen LogP) is 3.20. The van der Waals surface area contributed by atoms with Crippen LogP contribution in [0, 0.1) is 12.3 Å². The van der Waals surface area contributed by atoms with Crippen molar-refractivity contribution in [3.05, 3.63) is 83.9 Å². The minimum absolute atomic E-state index is 0.0514. The molecule has 4 N–H and O–H groups in total. The van der Waals surface area contributed by atoms with Gasteiger partial charge in [-0.15, -0.1) is 13.0 Å². The van der Waals surface area contributed by atoms with E-state index in [2.05, 4.69) is 23.1 Å². The van der Waals surface area contributed by atoms with Crippen LogP contribution in [0.2, 0.25) is 0 Å². The first-order chi connectivity index (χ1) is 18.5.